The van der Waals surface area contributed by atoms with E-state index in [4.69, 9.17) is 0 Å². The van der Waals surface area contributed by atoms with Gasteiger partial charge in [-0.2, -0.15) is 15.3 Å². The van der Waals surface area contributed by atoms with E-state index in [-0.39, 0.29) is 29.0 Å². The number of hydrogen-bond acceptors (Lipinski definition) is 5. The molecule has 0 spiro atoms. The Morgan fingerprint density at radius 3 is 2.61 bits per heavy atom. The number of hydrogen-bond donors (Lipinski definition) is 1. The van der Waals surface area contributed by atoms with E-state index in [1.807, 2.05) is 0 Å². The monoisotopic (exact) mass is 494 g/mol. The SMILES string of the molecule is Cc1nn(CC(=O)Nc2ccn(Cc3ccc(F)cc3)n2)c2nc(-c3cnn(C)c3)cc(C(F)F)c12. The van der Waals surface area contributed by atoms with E-state index < -0.39 is 12.3 Å². The maximum Gasteiger partial charge on any atom is 0.264 e. The van der Waals surface area contributed by atoms with E-state index >= 15 is 0 Å². The largest absolute Gasteiger partial charge is 0.308 e. The standard InChI is InChI=1S/C24H21F3N8O/c1-14-22-18(23(26)27)9-19(16-10-28-33(2)12-16)29-24(22)35(31-14)13-21(36)30-20-7-8-34(32-20)11-15-3-5-17(25)6-4-15/h3-10,12,23H,11,13H2,1-2H3,(H,30,32,36). The molecule has 0 atom stereocenters. The summed E-state index contributed by atoms with van der Waals surface area (Å²) in [6.45, 7) is 1.75. The van der Waals surface area contributed by atoms with Crippen LogP contribution in [0.1, 0.15) is 23.2 Å². The molecule has 0 unspecified atom stereocenters. The number of aryl methyl sites for hydroxylation is 2. The zero-order valence-corrected chi connectivity index (χ0v) is 19.4. The third-order valence-electron chi connectivity index (χ3n) is 5.60. The predicted molar refractivity (Wildman–Crippen MR) is 126 cm³/mol. The quantitative estimate of drug-likeness (QED) is 0.368. The smallest absolute Gasteiger partial charge is 0.264 e. The maximum atomic E-state index is 13.9. The highest BCUT2D eigenvalue weighted by molar-refractivity contribution is 5.91. The van der Waals surface area contributed by atoms with Crippen molar-refractivity contribution < 1.29 is 18.0 Å². The number of benzene rings is 1. The summed E-state index contributed by atoms with van der Waals surface area (Å²) in [4.78, 5) is 17.3. The van der Waals surface area contributed by atoms with Crippen LogP contribution in [0.2, 0.25) is 0 Å². The van der Waals surface area contributed by atoms with E-state index in [9.17, 15) is 18.0 Å². The third kappa shape index (κ3) is 4.69. The summed E-state index contributed by atoms with van der Waals surface area (Å²) >= 11 is 0. The number of fused-ring (bicyclic) bond motifs is 1. The lowest BCUT2D eigenvalue weighted by Crippen LogP contribution is -2.20. The van der Waals surface area contributed by atoms with Crippen molar-refractivity contribution in [3.05, 3.63) is 77.6 Å². The lowest BCUT2D eigenvalue weighted by molar-refractivity contribution is -0.116. The molecule has 1 N–H and O–H groups in total. The lowest BCUT2D eigenvalue weighted by Gasteiger charge is -2.08. The second-order valence-electron chi connectivity index (χ2n) is 8.31. The van der Waals surface area contributed by atoms with Gasteiger partial charge in [-0.25, -0.2) is 22.8 Å². The van der Waals surface area contributed by atoms with Crippen molar-refractivity contribution in [3.63, 3.8) is 0 Å². The summed E-state index contributed by atoms with van der Waals surface area (Å²) in [6, 6.07) is 9.00. The number of carbonyl (C=O) groups is 1. The molecule has 1 amide bonds. The molecule has 0 aliphatic carbocycles. The number of anilines is 1. The van der Waals surface area contributed by atoms with Crippen LogP contribution in [0.25, 0.3) is 22.3 Å². The molecule has 0 fully saturated rings. The fraction of sp³-hybridized carbons (Fsp3) is 0.208. The number of rotatable bonds is 7. The number of halogens is 3. The van der Waals surface area contributed by atoms with Crippen molar-refractivity contribution in [2.24, 2.45) is 7.05 Å². The molecule has 0 aliphatic heterocycles. The van der Waals surface area contributed by atoms with Crippen LogP contribution in [-0.2, 0) is 24.9 Å². The molecule has 5 rings (SSSR count). The van der Waals surface area contributed by atoms with Crippen LogP contribution in [0, 0.1) is 12.7 Å². The Bertz CT molecular complexity index is 1550. The van der Waals surface area contributed by atoms with E-state index in [1.165, 1.54) is 29.1 Å². The first-order valence-corrected chi connectivity index (χ1v) is 11.0. The summed E-state index contributed by atoms with van der Waals surface area (Å²) in [7, 11) is 1.72. The molecule has 4 aromatic heterocycles. The van der Waals surface area contributed by atoms with Gasteiger partial charge in [0.05, 0.1) is 29.5 Å². The topological polar surface area (TPSA) is 95.5 Å². The van der Waals surface area contributed by atoms with Crippen LogP contribution in [0.3, 0.4) is 0 Å². The van der Waals surface area contributed by atoms with Gasteiger partial charge in [0, 0.05) is 36.6 Å². The number of nitrogens with zero attached hydrogens (tertiary/aromatic N) is 7. The second kappa shape index (κ2) is 9.29. The van der Waals surface area contributed by atoms with Gasteiger partial charge in [0.25, 0.3) is 6.43 Å². The molecule has 0 saturated carbocycles. The van der Waals surface area contributed by atoms with Gasteiger partial charge in [0.1, 0.15) is 12.4 Å². The molecule has 36 heavy (non-hydrogen) atoms. The Hall–Kier alpha value is -4.48. The van der Waals surface area contributed by atoms with Gasteiger partial charge in [-0.05, 0) is 30.7 Å². The predicted octanol–water partition coefficient (Wildman–Crippen LogP) is 4.10. The zero-order valence-electron chi connectivity index (χ0n) is 19.4. The first kappa shape index (κ1) is 23.3. The van der Waals surface area contributed by atoms with Crippen LogP contribution in [0.15, 0.2) is 55.0 Å². The Labute approximate surface area is 203 Å². The highest BCUT2D eigenvalue weighted by Gasteiger charge is 2.22. The summed E-state index contributed by atoms with van der Waals surface area (Å²) in [5, 5.41) is 15.6. The fourth-order valence-electron chi connectivity index (χ4n) is 3.98. The van der Waals surface area contributed by atoms with Crippen molar-refractivity contribution in [3.8, 4) is 11.3 Å². The number of carbonyl (C=O) groups excluding carboxylic acids is 1. The Morgan fingerprint density at radius 1 is 1.14 bits per heavy atom. The number of nitrogens with one attached hydrogen (secondary N) is 1. The van der Waals surface area contributed by atoms with Crippen LogP contribution in [-0.4, -0.2) is 40.2 Å². The molecule has 9 nitrogen and oxygen atoms in total. The molecule has 12 heteroatoms. The molecule has 0 radical (unpaired) electrons. The number of alkyl halides is 2. The molecule has 5 aromatic rings. The molecule has 1 aromatic carbocycles. The summed E-state index contributed by atoms with van der Waals surface area (Å²) in [6.07, 6.45) is 2.14. The average Bonchev–Trinajstić information content (AvgIpc) is 3.54. The van der Waals surface area contributed by atoms with Gasteiger partial charge >= 0.3 is 0 Å². The number of aromatic nitrogens is 7. The van der Waals surface area contributed by atoms with Crippen molar-refractivity contribution in [2.45, 2.75) is 26.4 Å². The minimum absolute atomic E-state index is 0.182. The average molecular weight is 494 g/mol. The van der Waals surface area contributed by atoms with Gasteiger partial charge < -0.3 is 5.32 Å². The van der Waals surface area contributed by atoms with Crippen LogP contribution >= 0.6 is 0 Å². The van der Waals surface area contributed by atoms with Gasteiger partial charge in [-0.15, -0.1) is 0 Å². The van der Waals surface area contributed by atoms with E-state index in [0.29, 0.717) is 29.3 Å². The van der Waals surface area contributed by atoms with Crippen molar-refractivity contribution in [2.75, 3.05) is 5.32 Å². The van der Waals surface area contributed by atoms with Crippen LogP contribution < -0.4 is 5.32 Å². The summed E-state index contributed by atoms with van der Waals surface area (Å²) in [5.74, 6) is -0.456. The van der Waals surface area contributed by atoms with Crippen molar-refractivity contribution in [1.29, 1.82) is 0 Å². The van der Waals surface area contributed by atoms with Gasteiger partial charge in [0.2, 0.25) is 5.91 Å². The number of amides is 1. The van der Waals surface area contributed by atoms with E-state index in [0.717, 1.165) is 5.56 Å². The molecular weight excluding hydrogens is 473 g/mol. The van der Waals surface area contributed by atoms with Gasteiger partial charge in [-0.1, -0.05) is 12.1 Å². The number of pyridine rings is 1. The third-order valence-corrected chi connectivity index (χ3v) is 5.60. The highest BCUT2D eigenvalue weighted by atomic mass is 19.3. The molecular formula is C24H21F3N8O. The van der Waals surface area contributed by atoms with E-state index in [2.05, 4.69) is 25.6 Å². The highest BCUT2D eigenvalue weighted by Crippen LogP contribution is 2.33. The normalized spacial score (nSPS) is 11.5. The van der Waals surface area contributed by atoms with Crippen LogP contribution in [0.4, 0.5) is 19.0 Å². The van der Waals surface area contributed by atoms with E-state index in [1.54, 1.807) is 53.9 Å². The van der Waals surface area contributed by atoms with Crippen LogP contribution in [0.5, 0.6) is 0 Å². The summed E-state index contributed by atoms with van der Waals surface area (Å²) < 4.78 is 45.4. The Balaban J connectivity index is 1.38. The molecule has 4 heterocycles. The lowest BCUT2D eigenvalue weighted by atomic mass is 10.1. The van der Waals surface area contributed by atoms with Gasteiger partial charge in [0.15, 0.2) is 11.5 Å². The molecule has 184 valence electrons. The Kier molecular flexibility index (Phi) is 6.00. The minimum Gasteiger partial charge on any atom is -0.308 e. The first-order chi connectivity index (χ1) is 17.3. The van der Waals surface area contributed by atoms with Crippen molar-refractivity contribution >= 4 is 22.8 Å². The van der Waals surface area contributed by atoms with Gasteiger partial charge in [-0.3, -0.25) is 14.2 Å². The maximum absolute atomic E-state index is 13.9. The molecule has 0 saturated heterocycles. The summed E-state index contributed by atoms with van der Waals surface area (Å²) in [5.41, 5.74) is 2.06. The zero-order chi connectivity index (χ0) is 25.4. The first-order valence-electron chi connectivity index (χ1n) is 11.0. The molecule has 0 bridgehead atoms. The second-order valence-corrected chi connectivity index (χ2v) is 8.31. The Morgan fingerprint density at radius 2 is 1.92 bits per heavy atom. The molecule has 0 aliphatic rings. The van der Waals surface area contributed by atoms with Crippen molar-refractivity contribution in [1.82, 2.24) is 34.3 Å². The minimum atomic E-state index is -2.75. The fourth-order valence-corrected chi connectivity index (χ4v) is 3.98.